The van der Waals surface area contributed by atoms with Gasteiger partial charge >= 0.3 is 0 Å². The lowest BCUT2D eigenvalue weighted by molar-refractivity contribution is 0.415. The van der Waals surface area contributed by atoms with E-state index in [1.807, 2.05) is 6.92 Å². The van der Waals surface area contributed by atoms with Gasteiger partial charge in [0.1, 0.15) is 0 Å². The number of aryl methyl sites for hydroxylation is 1. The Morgan fingerprint density at radius 1 is 1.36 bits per heavy atom. The summed E-state index contributed by atoms with van der Waals surface area (Å²) in [6.45, 7) is 2.95. The van der Waals surface area contributed by atoms with Crippen LogP contribution in [0.2, 0.25) is 0 Å². The molecule has 1 saturated heterocycles. The van der Waals surface area contributed by atoms with Crippen molar-refractivity contribution in [1.29, 1.82) is 0 Å². The molecule has 0 aromatic carbocycles. The predicted molar refractivity (Wildman–Crippen MR) is 53.0 cm³/mol. The molecule has 4 nitrogen and oxygen atoms in total. The fraction of sp³-hybridized carbons (Fsp3) is 0.800. The molecule has 0 aliphatic carbocycles. The third-order valence-corrected chi connectivity index (χ3v) is 2.65. The Bertz CT molecular complexity index is 277. The zero-order chi connectivity index (χ0) is 9.80. The minimum Gasteiger partial charge on any atom is -0.426 e. The predicted octanol–water partition coefficient (Wildman–Crippen LogP) is 1.45. The second kappa shape index (κ2) is 4.55. The van der Waals surface area contributed by atoms with Crippen LogP contribution in [0, 0.1) is 6.92 Å². The summed E-state index contributed by atoms with van der Waals surface area (Å²) in [5.74, 6) is 1.43. The first-order valence-corrected chi connectivity index (χ1v) is 5.37. The van der Waals surface area contributed by atoms with Gasteiger partial charge < -0.3 is 9.73 Å². The molecule has 0 bridgehead atoms. The summed E-state index contributed by atoms with van der Waals surface area (Å²) in [6.07, 6.45) is 6.04. The van der Waals surface area contributed by atoms with Crippen LogP contribution in [0.4, 0.5) is 0 Å². The van der Waals surface area contributed by atoms with E-state index in [2.05, 4.69) is 15.5 Å². The summed E-state index contributed by atoms with van der Waals surface area (Å²) in [5, 5.41) is 11.4. The average molecular weight is 195 g/mol. The zero-order valence-corrected chi connectivity index (χ0v) is 8.62. The van der Waals surface area contributed by atoms with Crippen molar-refractivity contribution in [1.82, 2.24) is 15.5 Å². The number of hydrogen-bond donors (Lipinski definition) is 1. The van der Waals surface area contributed by atoms with Crippen LogP contribution in [0.3, 0.4) is 0 Å². The van der Waals surface area contributed by atoms with E-state index in [9.17, 15) is 0 Å². The quantitative estimate of drug-likeness (QED) is 0.776. The second-order valence-electron chi connectivity index (χ2n) is 3.92. The van der Waals surface area contributed by atoms with E-state index in [1.165, 1.54) is 25.7 Å². The molecule has 1 fully saturated rings. The van der Waals surface area contributed by atoms with Gasteiger partial charge in [0, 0.05) is 19.4 Å². The molecule has 2 heterocycles. The molecule has 1 aromatic heterocycles. The summed E-state index contributed by atoms with van der Waals surface area (Å²) < 4.78 is 5.36. The Balaban J connectivity index is 1.89. The van der Waals surface area contributed by atoms with Gasteiger partial charge in [-0.1, -0.05) is 12.8 Å². The van der Waals surface area contributed by atoms with Crippen molar-refractivity contribution in [2.24, 2.45) is 0 Å². The third-order valence-electron chi connectivity index (χ3n) is 2.65. The van der Waals surface area contributed by atoms with Crippen molar-refractivity contribution in [2.75, 3.05) is 6.54 Å². The Kier molecular flexibility index (Phi) is 3.14. The molecule has 1 unspecified atom stereocenters. The fourth-order valence-electron chi connectivity index (χ4n) is 1.91. The first kappa shape index (κ1) is 9.65. The highest BCUT2D eigenvalue weighted by Gasteiger charge is 2.14. The highest BCUT2D eigenvalue weighted by molar-refractivity contribution is 4.85. The molecule has 0 spiro atoms. The van der Waals surface area contributed by atoms with Gasteiger partial charge in [-0.05, 0) is 19.4 Å². The number of nitrogens with zero attached hydrogens (tertiary/aromatic N) is 2. The normalized spacial score (nSPS) is 23.4. The maximum Gasteiger partial charge on any atom is 0.218 e. The smallest absolute Gasteiger partial charge is 0.218 e. The molecule has 14 heavy (non-hydrogen) atoms. The fourth-order valence-corrected chi connectivity index (χ4v) is 1.91. The first-order chi connectivity index (χ1) is 6.84. The molecule has 0 amide bonds. The first-order valence-electron chi connectivity index (χ1n) is 5.37. The molecule has 1 aliphatic heterocycles. The van der Waals surface area contributed by atoms with Gasteiger partial charge in [-0.2, -0.15) is 0 Å². The SMILES string of the molecule is Cc1nnc(CC2CCCCCN2)o1. The molecule has 4 heteroatoms. The maximum absolute atomic E-state index is 5.36. The standard InChI is InChI=1S/C10H17N3O/c1-8-12-13-10(14-8)7-9-5-3-2-4-6-11-9/h9,11H,2-7H2,1H3. The summed E-state index contributed by atoms with van der Waals surface area (Å²) in [7, 11) is 0. The van der Waals surface area contributed by atoms with Crippen LogP contribution in [0.15, 0.2) is 4.42 Å². The molecule has 1 aliphatic rings. The van der Waals surface area contributed by atoms with Gasteiger partial charge in [0.15, 0.2) is 0 Å². The van der Waals surface area contributed by atoms with Crippen LogP contribution in [0.5, 0.6) is 0 Å². The monoisotopic (exact) mass is 195 g/mol. The Morgan fingerprint density at radius 3 is 3.07 bits per heavy atom. The molecule has 2 rings (SSSR count). The van der Waals surface area contributed by atoms with Crippen LogP contribution >= 0.6 is 0 Å². The lowest BCUT2D eigenvalue weighted by Crippen LogP contribution is -2.30. The number of aromatic nitrogens is 2. The Labute approximate surface area is 84.1 Å². The minimum absolute atomic E-state index is 0.525. The van der Waals surface area contributed by atoms with Crippen molar-refractivity contribution in [3.8, 4) is 0 Å². The molecular formula is C10H17N3O. The van der Waals surface area contributed by atoms with Crippen LogP contribution in [0.1, 0.15) is 37.5 Å². The van der Waals surface area contributed by atoms with E-state index in [1.54, 1.807) is 0 Å². The van der Waals surface area contributed by atoms with Gasteiger partial charge in [-0.25, -0.2) is 0 Å². The topological polar surface area (TPSA) is 51.0 Å². The van der Waals surface area contributed by atoms with Crippen LogP contribution in [-0.2, 0) is 6.42 Å². The van der Waals surface area contributed by atoms with Crippen LogP contribution in [-0.4, -0.2) is 22.8 Å². The summed E-state index contributed by atoms with van der Waals surface area (Å²) in [5.41, 5.74) is 0. The van der Waals surface area contributed by atoms with Gasteiger partial charge in [-0.15, -0.1) is 10.2 Å². The molecule has 1 aromatic rings. The molecule has 0 radical (unpaired) electrons. The van der Waals surface area contributed by atoms with E-state index in [4.69, 9.17) is 4.42 Å². The Morgan fingerprint density at radius 2 is 2.29 bits per heavy atom. The van der Waals surface area contributed by atoms with Crippen molar-refractivity contribution < 1.29 is 4.42 Å². The van der Waals surface area contributed by atoms with Gasteiger partial charge in [-0.3, -0.25) is 0 Å². The highest BCUT2D eigenvalue weighted by Crippen LogP contribution is 2.12. The molecule has 0 saturated carbocycles. The van der Waals surface area contributed by atoms with Gasteiger partial charge in [0.2, 0.25) is 11.8 Å². The lowest BCUT2D eigenvalue weighted by atomic mass is 10.1. The summed E-state index contributed by atoms with van der Waals surface area (Å²) >= 11 is 0. The molecular weight excluding hydrogens is 178 g/mol. The minimum atomic E-state index is 0.525. The summed E-state index contributed by atoms with van der Waals surface area (Å²) in [6, 6.07) is 0.525. The van der Waals surface area contributed by atoms with Crippen molar-refractivity contribution in [2.45, 2.75) is 45.1 Å². The highest BCUT2D eigenvalue weighted by atomic mass is 16.4. The van der Waals surface area contributed by atoms with E-state index in [0.29, 0.717) is 11.9 Å². The lowest BCUT2D eigenvalue weighted by Gasteiger charge is -2.12. The van der Waals surface area contributed by atoms with Crippen molar-refractivity contribution in [3.05, 3.63) is 11.8 Å². The van der Waals surface area contributed by atoms with E-state index >= 15 is 0 Å². The van der Waals surface area contributed by atoms with Gasteiger partial charge in [0.05, 0.1) is 0 Å². The maximum atomic E-state index is 5.36. The van der Waals surface area contributed by atoms with E-state index in [-0.39, 0.29) is 0 Å². The van der Waals surface area contributed by atoms with E-state index < -0.39 is 0 Å². The second-order valence-corrected chi connectivity index (χ2v) is 3.92. The van der Waals surface area contributed by atoms with Crippen molar-refractivity contribution in [3.63, 3.8) is 0 Å². The largest absolute Gasteiger partial charge is 0.426 e. The molecule has 78 valence electrons. The van der Waals surface area contributed by atoms with E-state index in [0.717, 1.165) is 18.9 Å². The third kappa shape index (κ3) is 2.54. The number of nitrogens with one attached hydrogen (secondary N) is 1. The van der Waals surface area contributed by atoms with Gasteiger partial charge in [0.25, 0.3) is 0 Å². The zero-order valence-electron chi connectivity index (χ0n) is 8.62. The summed E-state index contributed by atoms with van der Waals surface area (Å²) in [4.78, 5) is 0. The Hall–Kier alpha value is -0.900. The number of hydrogen-bond acceptors (Lipinski definition) is 4. The average Bonchev–Trinajstić information content (AvgIpc) is 2.43. The van der Waals surface area contributed by atoms with Crippen LogP contribution in [0.25, 0.3) is 0 Å². The molecule has 1 atom stereocenters. The number of rotatable bonds is 2. The molecule has 1 N–H and O–H groups in total. The van der Waals surface area contributed by atoms with Crippen molar-refractivity contribution >= 4 is 0 Å². The van der Waals surface area contributed by atoms with Crippen LogP contribution < -0.4 is 5.32 Å².